The maximum Gasteiger partial charge on any atom is 0.0691 e. The summed E-state index contributed by atoms with van der Waals surface area (Å²) in [5, 5.41) is 3.53. The molecule has 1 aliphatic heterocycles. The van der Waals surface area contributed by atoms with Crippen molar-refractivity contribution in [3.05, 3.63) is 0 Å². The minimum absolute atomic E-state index is 0.182. The maximum absolute atomic E-state index is 11.8. The summed E-state index contributed by atoms with van der Waals surface area (Å²) in [6.45, 7) is 6.82. The highest BCUT2D eigenvalue weighted by atomic mass is 32.2. The predicted molar refractivity (Wildman–Crippen MR) is 60.0 cm³/mol. The van der Waals surface area contributed by atoms with Crippen molar-refractivity contribution < 1.29 is 8.95 Å². The largest absolute Gasteiger partial charge is 0.377 e. The lowest BCUT2D eigenvalue weighted by atomic mass is 10.3. The van der Waals surface area contributed by atoms with Gasteiger partial charge in [-0.15, -0.1) is 0 Å². The van der Waals surface area contributed by atoms with E-state index in [1.54, 1.807) is 0 Å². The molecule has 0 aromatic rings. The number of hydrogen-bond donors (Lipinski definition) is 1. The van der Waals surface area contributed by atoms with Crippen LogP contribution >= 0.6 is 0 Å². The molecule has 0 bridgehead atoms. The molecule has 1 heterocycles. The van der Waals surface area contributed by atoms with Crippen LogP contribution in [0, 0.1) is 0 Å². The van der Waals surface area contributed by atoms with Crippen molar-refractivity contribution in [2.75, 3.05) is 25.4 Å². The Labute approximate surface area is 89.1 Å². The second-order valence-corrected chi connectivity index (χ2v) is 5.51. The number of ether oxygens (including phenoxy) is 1. The molecule has 1 aliphatic rings. The normalized spacial score (nSPS) is 29.3. The molecule has 0 saturated carbocycles. The highest BCUT2D eigenvalue weighted by Crippen LogP contribution is 2.18. The minimum atomic E-state index is -0.716. The molecule has 0 aliphatic carbocycles. The molecule has 0 aromatic carbocycles. The summed E-state index contributed by atoms with van der Waals surface area (Å²) in [5.74, 6) is 0.762. The van der Waals surface area contributed by atoms with Gasteiger partial charge in [0, 0.05) is 29.7 Å². The first-order valence-corrected chi connectivity index (χ1v) is 6.83. The van der Waals surface area contributed by atoms with Gasteiger partial charge < -0.3 is 10.1 Å². The third kappa shape index (κ3) is 3.67. The lowest BCUT2D eigenvalue weighted by molar-refractivity contribution is 0.127. The van der Waals surface area contributed by atoms with Gasteiger partial charge in [0.05, 0.1) is 11.4 Å². The number of hydrogen-bond acceptors (Lipinski definition) is 3. The Morgan fingerprint density at radius 3 is 2.86 bits per heavy atom. The van der Waals surface area contributed by atoms with Crippen molar-refractivity contribution in [2.24, 2.45) is 0 Å². The average Bonchev–Trinajstić information content (AvgIpc) is 2.59. The van der Waals surface area contributed by atoms with E-state index in [4.69, 9.17) is 4.74 Å². The lowest BCUT2D eigenvalue weighted by Gasteiger charge is -2.13. The third-order valence-corrected chi connectivity index (χ3v) is 4.45. The van der Waals surface area contributed by atoms with Gasteiger partial charge in [0.25, 0.3) is 0 Å². The van der Waals surface area contributed by atoms with E-state index in [0.717, 1.165) is 38.3 Å². The van der Waals surface area contributed by atoms with Crippen LogP contribution in [0.25, 0.3) is 0 Å². The SMILES string of the molecule is CCCNCCS(=O)C1CCOC1C. The van der Waals surface area contributed by atoms with Crippen LogP contribution in [0.1, 0.15) is 26.7 Å². The fourth-order valence-corrected chi connectivity index (χ4v) is 3.20. The van der Waals surface area contributed by atoms with Crippen LogP contribution in [0.2, 0.25) is 0 Å². The Morgan fingerprint density at radius 1 is 1.50 bits per heavy atom. The molecule has 0 aromatic heterocycles. The smallest absolute Gasteiger partial charge is 0.0691 e. The van der Waals surface area contributed by atoms with E-state index in [9.17, 15) is 4.21 Å². The van der Waals surface area contributed by atoms with Crippen LogP contribution < -0.4 is 5.32 Å². The summed E-state index contributed by atoms with van der Waals surface area (Å²) in [6, 6.07) is 0. The van der Waals surface area contributed by atoms with Gasteiger partial charge in [0.2, 0.25) is 0 Å². The second-order valence-electron chi connectivity index (χ2n) is 3.74. The maximum atomic E-state index is 11.8. The summed E-state index contributed by atoms with van der Waals surface area (Å²) in [5.41, 5.74) is 0. The quantitative estimate of drug-likeness (QED) is 0.675. The van der Waals surface area contributed by atoms with Gasteiger partial charge in [0.15, 0.2) is 0 Å². The van der Waals surface area contributed by atoms with E-state index in [2.05, 4.69) is 12.2 Å². The first kappa shape index (κ1) is 12.1. The molecule has 3 atom stereocenters. The zero-order valence-corrected chi connectivity index (χ0v) is 9.94. The van der Waals surface area contributed by atoms with Gasteiger partial charge in [-0.3, -0.25) is 4.21 Å². The Bertz CT molecular complexity index is 187. The van der Waals surface area contributed by atoms with Gasteiger partial charge in [-0.25, -0.2) is 0 Å². The van der Waals surface area contributed by atoms with Crippen molar-refractivity contribution in [3.63, 3.8) is 0 Å². The van der Waals surface area contributed by atoms with Gasteiger partial charge >= 0.3 is 0 Å². The average molecular weight is 219 g/mol. The fourth-order valence-electron chi connectivity index (χ4n) is 1.68. The molecule has 0 amide bonds. The Hall–Kier alpha value is 0.0700. The van der Waals surface area contributed by atoms with E-state index in [1.165, 1.54) is 0 Å². The summed E-state index contributed by atoms with van der Waals surface area (Å²) >= 11 is 0. The molecule has 14 heavy (non-hydrogen) atoms. The van der Waals surface area contributed by atoms with Crippen LogP contribution in [-0.4, -0.2) is 41.0 Å². The predicted octanol–water partition coefficient (Wildman–Crippen LogP) is 0.912. The molecule has 1 N–H and O–H groups in total. The summed E-state index contributed by atoms with van der Waals surface area (Å²) < 4.78 is 17.2. The molecule has 84 valence electrons. The molecule has 1 saturated heterocycles. The van der Waals surface area contributed by atoms with Crippen LogP contribution in [0.5, 0.6) is 0 Å². The van der Waals surface area contributed by atoms with Gasteiger partial charge in [-0.05, 0) is 26.3 Å². The first-order valence-electron chi connectivity index (χ1n) is 5.45. The summed E-state index contributed by atoms with van der Waals surface area (Å²) in [4.78, 5) is 0. The van der Waals surface area contributed by atoms with Crippen molar-refractivity contribution >= 4 is 10.8 Å². The lowest BCUT2D eigenvalue weighted by Crippen LogP contribution is -2.29. The van der Waals surface area contributed by atoms with Crippen LogP contribution in [0.4, 0.5) is 0 Å². The van der Waals surface area contributed by atoms with Gasteiger partial charge in [-0.1, -0.05) is 6.92 Å². The van der Waals surface area contributed by atoms with E-state index in [-0.39, 0.29) is 11.4 Å². The molecule has 3 nitrogen and oxygen atoms in total. The van der Waals surface area contributed by atoms with E-state index in [0.29, 0.717) is 0 Å². The van der Waals surface area contributed by atoms with Crippen molar-refractivity contribution in [2.45, 2.75) is 38.0 Å². The van der Waals surface area contributed by atoms with Crippen LogP contribution in [0.3, 0.4) is 0 Å². The highest BCUT2D eigenvalue weighted by Gasteiger charge is 2.28. The van der Waals surface area contributed by atoms with E-state index >= 15 is 0 Å². The van der Waals surface area contributed by atoms with E-state index < -0.39 is 10.8 Å². The molecule has 0 spiro atoms. The molecule has 0 radical (unpaired) electrons. The van der Waals surface area contributed by atoms with E-state index in [1.807, 2.05) is 6.92 Å². The third-order valence-electron chi connectivity index (χ3n) is 2.55. The second kappa shape index (κ2) is 6.53. The summed E-state index contributed by atoms with van der Waals surface area (Å²) in [6.07, 6.45) is 2.28. The van der Waals surface area contributed by atoms with Crippen LogP contribution in [0.15, 0.2) is 0 Å². The molecule has 1 rings (SSSR count). The Kier molecular flexibility index (Phi) is 5.67. The minimum Gasteiger partial charge on any atom is -0.377 e. The number of rotatable bonds is 6. The Morgan fingerprint density at radius 2 is 2.29 bits per heavy atom. The van der Waals surface area contributed by atoms with Gasteiger partial charge in [0.1, 0.15) is 0 Å². The van der Waals surface area contributed by atoms with Crippen molar-refractivity contribution in [1.29, 1.82) is 0 Å². The highest BCUT2D eigenvalue weighted by molar-refractivity contribution is 7.85. The van der Waals surface area contributed by atoms with Gasteiger partial charge in [-0.2, -0.15) is 0 Å². The first-order chi connectivity index (χ1) is 6.75. The molecular formula is C10H21NO2S. The van der Waals surface area contributed by atoms with Crippen molar-refractivity contribution in [1.82, 2.24) is 5.32 Å². The standard InChI is InChI=1S/C10H21NO2S/c1-3-5-11-6-8-14(12)10-4-7-13-9(10)2/h9-11H,3-8H2,1-2H3. The molecular weight excluding hydrogens is 198 g/mol. The fraction of sp³-hybridized carbons (Fsp3) is 1.00. The zero-order chi connectivity index (χ0) is 10.4. The topological polar surface area (TPSA) is 38.3 Å². The molecule has 1 fully saturated rings. The number of nitrogens with one attached hydrogen (secondary N) is 1. The molecule has 3 unspecified atom stereocenters. The molecule has 4 heteroatoms. The Balaban J connectivity index is 2.14. The summed E-state index contributed by atoms with van der Waals surface area (Å²) in [7, 11) is -0.716. The zero-order valence-electron chi connectivity index (χ0n) is 9.12. The monoisotopic (exact) mass is 219 g/mol. The van der Waals surface area contributed by atoms with Crippen molar-refractivity contribution in [3.8, 4) is 0 Å². The van der Waals surface area contributed by atoms with Crippen LogP contribution in [-0.2, 0) is 15.5 Å².